The molecule has 1 aliphatic heterocycles. The van der Waals surface area contributed by atoms with Gasteiger partial charge in [0, 0.05) is 28.6 Å². The zero-order valence-electron chi connectivity index (χ0n) is 12.5. The van der Waals surface area contributed by atoms with E-state index in [4.69, 9.17) is 0 Å². The summed E-state index contributed by atoms with van der Waals surface area (Å²) in [7, 11) is 2.23. The number of thiophene rings is 1. The van der Waals surface area contributed by atoms with Crippen molar-refractivity contribution < 1.29 is 0 Å². The highest BCUT2D eigenvalue weighted by Crippen LogP contribution is 2.40. The number of hydrogen-bond acceptors (Lipinski definition) is 2. The Bertz CT molecular complexity index is 769. The molecule has 1 atom stereocenters. The highest BCUT2D eigenvalue weighted by molar-refractivity contribution is 7.19. The molecule has 0 saturated heterocycles. The largest absolute Gasteiger partial charge is 0.301 e. The van der Waals surface area contributed by atoms with Gasteiger partial charge in [-0.3, -0.25) is 0 Å². The minimum absolute atomic E-state index is 0.511. The molecule has 0 amide bonds. The fourth-order valence-electron chi connectivity index (χ4n) is 3.54. The van der Waals surface area contributed by atoms with Crippen LogP contribution in [0.3, 0.4) is 0 Å². The van der Waals surface area contributed by atoms with Crippen molar-refractivity contribution in [3.05, 3.63) is 70.1 Å². The number of nitrogens with zero attached hydrogens (tertiary/aromatic N) is 1. The van der Waals surface area contributed by atoms with Crippen molar-refractivity contribution in [2.24, 2.45) is 0 Å². The molecule has 1 unspecified atom stereocenters. The number of benzene rings is 2. The van der Waals surface area contributed by atoms with E-state index in [0.29, 0.717) is 5.92 Å². The summed E-state index contributed by atoms with van der Waals surface area (Å²) in [6.45, 7) is 4.44. The molecule has 4 rings (SSSR count). The first-order valence-electron chi connectivity index (χ1n) is 7.48. The number of fused-ring (bicyclic) bond motifs is 2. The summed E-state index contributed by atoms with van der Waals surface area (Å²) in [5.74, 6) is 0.511. The minimum atomic E-state index is 0.511. The normalized spacial score (nSPS) is 18.9. The molecular weight excluding hydrogens is 274 g/mol. The fourth-order valence-corrected chi connectivity index (χ4v) is 4.71. The standard InChI is InChI=1S/C19H19NS/c1-13-6-5-8-15-11-20(2)12-16(19(13)15)18-10-14-7-3-4-9-17(14)21-18/h3-10,16H,11-12H2,1-2H3. The van der Waals surface area contributed by atoms with Gasteiger partial charge in [0.1, 0.15) is 0 Å². The van der Waals surface area contributed by atoms with Crippen LogP contribution in [-0.2, 0) is 6.54 Å². The number of likely N-dealkylation sites (N-methyl/N-ethyl adjacent to an activating group) is 1. The molecule has 21 heavy (non-hydrogen) atoms. The second-order valence-corrected chi connectivity index (χ2v) is 7.20. The Morgan fingerprint density at radius 3 is 2.81 bits per heavy atom. The second kappa shape index (κ2) is 4.97. The number of rotatable bonds is 1. The summed E-state index contributed by atoms with van der Waals surface area (Å²) < 4.78 is 1.40. The lowest BCUT2D eigenvalue weighted by atomic mass is 9.85. The van der Waals surface area contributed by atoms with Gasteiger partial charge in [0.25, 0.3) is 0 Å². The van der Waals surface area contributed by atoms with Crippen molar-refractivity contribution >= 4 is 21.4 Å². The summed E-state index contributed by atoms with van der Waals surface area (Å²) in [4.78, 5) is 3.94. The van der Waals surface area contributed by atoms with Gasteiger partial charge < -0.3 is 4.90 Å². The van der Waals surface area contributed by atoms with Crippen molar-refractivity contribution in [2.75, 3.05) is 13.6 Å². The molecule has 106 valence electrons. The Labute approximate surface area is 129 Å². The van der Waals surface area contributed by atoms with E-state index in [1.54, 1.807) is 5.56 Å². The summed E-state index contributed by atoms with van der Waals surface area (Å²) in [5.41, 5.74) is 4.48. The summed E-state index contributed by atoms with van der Waals surface area (Å²) >= 11 is 1.95. The Morgan fingerprint density at radius 2 is 1.95 bits per heavy atom. The lowest BCUT2D eigenvalue weighted by Crippen LogP contribution is -2.31. The third-order valence-corrected chi connectivity index (χ3v) is 5.72. The third-order valence-electron chi connectivity index (χ3n) is 4.49. The molecule has 2 heterocycles. The predicted octanol–water partition coefficient (Wildman–Crippen LogP) is 4.79. The molecule has 0 spiro atoms. The molecule has 2 aromatic carbocycles. The lowest BCUT2D eigenvalue weighted by molar-refractivity contribution is 0.296. The third kappa shape index (κ3) is 2.19. The quantitative estimate of drug-likeness (QED) is 0.623. The van der Waals surface area contributed by atoms with E-state index >= 15 is 0 Å². The average Bonchev–Trinajstić information content (AvgIpc) is 2.90. The maximum atomic E-state index is 2.44. The lowest BCUT2D eigenvalue weighted by Gasteiger charge is -2.33. The van der Waals surface area contributed by atoms with Gasteiger partial charge >= 0.3 is 0 Å². The minimum Gasteiger partial charge on any atom is -0.301 e. The molecule has 0 fully saturated rings. The summed E-state index contributed by atoms with van der Waals surface area (Å²) in [6.07, 6.45) is 0. The Kier molecular flexibility index (Phi) is 3.09. The number of aryl methyl sites for hydroxylation is 1. The highest BCUT2D eigenvalue weighted by Gasteiger charge is 2.27. The van der Waals surface area contributed by atoms with E-state index in [-0.39, 0.29) is 0 Å². The van der Waals surface area contributed by atoms with Gasteiger partial charge in [-0.2, -0.15) is 0 Å². The first-order valence-corrected chi connectivity index (χ1v) is 8.29. The van der Waals surface area contributed by atoms with Crippen LogP contribution >= 0.6 is 11.3 Å². The van der Waals surface area contributed by atoms with Gasteiger partial charge in [-0.05, 0) is 48.2 Å². The predicted molar refractivity (Wildman–Crippen MR) is 91.2 cm³/mol. The fraction of sp³-hybridized carbons (Fsp3) is 0.263. The van der Waals surface area contributed by atoms with Crippen LogP contribution in [0, 0.1) is 6.92 Å². The Hall–Kier alpha value is -1.64. The van der Waals surface area contributed by atoms with E-state index in [0.717, 1.165) is 13.1 Å². The second-order valence-electron chi connectivity index (χ2n) is 6.08. The number of hydrogen-bond donors (Lipinski definition) is 0. The van der Waals surface area contributed by atoms with Crippen molar-refractivity contribution in [1.82, 2.24) is 4.90 Å². The van der Waals surface area contributed by atoms with Crippen LogP contribution in [0.2, 0.25) is 0 Å². The first kappa shape index (κ1) is 13.1. The first-order chi connectivity index (χ1) is 10.2. The molecule has 0 aliphatic carbocycles. The van der Waals surface area contributed by atoms with E-state index < -0.39 is 0 Å². The summed E-state index contributed by atoms with van der Waals surface area (Å²) in [6, 6.07) is 17.8. The zero-order valence-corrected chi connectivity index (χ0v) is 13.3. The van der Waals surface area contributed by atoms with E-state index in [2.05, 4.69) is 67.4 Å². The average molecular weight is 293 g/mol. The molecular formula is C19H19NS. The van der Waals surface area contributed by atoms with E-state index in [1.165, 1.54) is 26.1 Å². The molecule has 2 heteroatoms. The van der Waals surface area contributed by atoms with Gasteiger partial charge in [0.2, 0.25) is 0 Å². The maximum Gasteiger partial charge on any atom is 0.0345 e. The molecule has 1 aliphatic rings. The van der Waals surface area contributed by atoms with Crippen LogP contribution in [-0.4, -0.2) is 18.5 Å². The van der Waals surface area contributed by atoms with Crippen LogP contribution in [0.4, 0.5) is 0 Å². The van der Waals surface area contributed by atoms with Crippen LogP contribution in [0.25, 0.3) is 10.1 Å². The van der Waals surface area contributed by atoms with Crippen LogP contribution in [0.15, 0.2) is 48.5 Å². The molecule has 0 N–H and O–H groups in total. The molecule has 0 radical (unpaired) electrons. The SMILES string of the molecule is Cc1cccc2c1C(c1cc3ccccc3s1)CN(C)C2. The maximum absolute atomic E-state index is 2.44. The van der Waals surface area contributed by atoms with Crippen molar-refractivity contribution in [2.45, 2.75) is 19.4 Å². The van der Waals surface area contributed by atoms with Gasteiger partial charge in [-0.15, -0.1) is 11.3 Å². The Morgan fingerprint density at radius 1 is 1.10 bits per heavy atom. The zero-order chi connectivity index (χ0) is 14.4. The molecule has 3 aromatic rings. The highest BCUT2D eigenvalue weighted by atomic mass is 32.1. The van der Waals surface area contributed by atoms with Crippen LogP contribution in [0.1, 0.15) is 27.5 Å². The van der Waals surface area contributed by atoms with Crippen LogP contribution < -0.4 is 0 Å². The molecule has 1 aromatic heterocycles. The van der Waals surface area contributed by atoms with Gasteiger partial charge in [0.05, 0.1) is 0 Å². The summed E-state index contributed by atoms with van der Waals surface area (Å²) in [5, 5.41) is 1.38. The smallest absolute Gasteiger partial charge is 0.0345 e. The van der Waals surface area contributed by atoms with Crippen LogP contribution in [0.5, 0.6) is 0 Å². The van der Waals surface area contributed by atoms with E-state index in [9.17, 15) is 0 Å². The van der Waals surface area contributed by atoms with Crippen molar-refractivity contribution in [3.63, 3.8) is 0 Å². The van der Waals surface area contributed by atoms with Crippen molar-refractivity contribution in [3.8, 4) is 0 Å². The Balaban J connectivity index is 1.88. The molecule has 0 saturated carbocycles. The van der Waals surface area contributed by atoms with E-state index in [1.807, 2.05) is 11.3 Å². The molecule has 1 nitrogen and oxygen atoms in total. The van der Waals surface area contributed by atoms with Gasteiger partial charge in [-0.25, -0.2) is 0 Å². The molecule has 0 bridgehead atoms. The monoisotopic (exact) mass is 293 g/mol. The van der Waals surface area contributed by atoms with Gasteiger partial charge in [0.15, 0.2) is 0 Å². The topological polar surface area (TPSA) is 3.24 Å². The van der Waals surface area contributed by atoms with Gasteiger partial charge in [-0.1, -0.05) is 36.4 Å². The van der Waals surface area contributed by atoms with Crippen molar-refractivity contribution in [1.29, 1.82) is 0 Å².